The predicted octanol–water partition coefficient (Wildman–Crippen LogP) is 5.01. The number of fused-ring (bicyclic) bond motifs is 1. The molecule has 3 N–H and O–H groups in total. The molecule has 0 saturated carbocycles. The molecule has 4 rings (SSSR count). The number of benzene rings is 3. The van der Waals surface area contributed by atoms with Gasteiger partial charge in [-0.05, 0) is 46.9 Å². The van der Waals surface area contributed by atoms with E-state index in [4.69, 9.17) is 4.74 Å². The fourth-order valence-corrected chi connectivity index (χ4v) is 3.30. The highest BCUT2D eigenvalue weighted by Crippen LogP contribution is 2.23. The number of carbonyl (C=O) groups is 1. The number of rotatable bonds is 6. The van der Waals surface area contributed by atoms with Crippen molar-refractivity contribution in [3.05, 3.63) is 90.1 Å². The number of amides is 1. The Morgan fingerprint density at radius 2 is 1.72 bits per heavy atom. The lowest BCUT2D eigenvalue weighted by Gasteiger charge is -2.08. The van der Waals surface area contributed by atoms with Crippen LogP contribution in [-0.2, 0) is 17.8 Å². The Morgan fingerprint density at radius 3 is 2.52 bits per heavy atom. The van der Waals surface area contributed by atoms with Crippen LogP contribution in [0.4, 0.5) is 4.79 Å². The van der Waals surface area contributed by atoms with Crippen LogP contribution in [0.1, 0.15) is 11.1 Å². The molecule has 0 spiro atoms. The first kappa shape index (κ1) is 18.6. The number of hydrogen-bond donors (Lipinski definition) is 3. The summed E-state index contributed by atoms with van der Waals surface area (Å²) in [4.78, 5) is 15.1. The third-order valence-corrected chi connectivity index (χ3v) is 4.85. The van der Waals surface area contributed by atoms with Gasteiger partial charge in [-0.2, -0.15) is 0 Å². The van der Waals surface area contributed by atoms with Crippen LogP contribution in [0, 0.1) is 0 Å². The van der Waals surface area contributed by atoms with Crippen molar-refractivity contribution in [3.63, 3.8) is 0 Å². The SMILES string of the molecule is O=C(NCCc1c[nH]c2ccc(O)cc12)OCc1ccc(-c2ccccc2)cc1. The monoisotopic (exact) mass is 386 g/mol. The Labute approximate surface area is 169 Å². The van der Waals surface area contributed by atoms with Crippen molar-refractivity contribution in [2.24, 2.45) is 0 Å². The van der Waals surface area contributed by atoms with Crippen LogP contribution < -0.4 is 5.32 Å². The number of phenols is 1. The summed E-state index contributed by atoms with van der Waals surface area (Å²) in [6, 6.07) is 23.3. The second-order valence-electron chi connectivity index (χ2n) is 6.86. The minimum Gasteiger partial charge on any atom is -0.508 e. The molecule has 0 saturated heterocycles. The number of phenolic OH excluding ortho intramolecular Hbond substituents is 1. The fourth-order valence-electron chi connectivity index (χ4n) is 3.30. The van der Waals surface area contributed by atoms with Gasteiger partial charge in [0.2, 0.25) is 0 Å². The molecule has 5 nitrogen and oxygen atoms in total. The molecule has 1 aromatic heterocycles. The molecule has 1 heterocycles. The normalized spacial score (nSPS) is 10.8. The molecule has 0 aliphatic rings. The van der Waals surface area contributed by atoms with Crippen LogP contribution in [0.5, 0.6) is 5.75 Å². The average Bonchev–Trinajstić information content (AvgIpc) is 3.15. The third-order valence-electron chi connectivity index (χ3n) is 4.85. The molecule has 0 radical (unpaired) electrons. The van der Waals surface area contributed by atoms with Crippen LogP contribution in [-0.4, -0.2) is 22.7 Å². The average molecular weight is 386 g/mol. The molecule has 1 amide bonds. The van der Waals surface area contributed by atoms with Crippen molar-refractivity contribution in [1.82, 2.24) is 10.3 Å². The van der Waals surface area contributed by atoms with Gasteiger partial charge in [0.15, 0.2) is 0 Å². The lowest BCUT2D eigenvalue weighted by atomic mass is 10.0. The van der Waals surface area contributed by atoms with Gasteiger partial charge in [0.25, 0.3) is 0 Å². The van der Waals surface area contributed by atoms with E-state index in [0.29, 0.717) is 13.0 Å². The van der Waals surface area contributed by atoms with Crippen LogP contribution in [0.3, 0.4) is 0 Å². The Kier molecular flexibility index (Phi) is 5.47. The zero-order valence-corrected chi connectivity index (χ0v) is 15.9. The molecular weight excluding hydrogens is 364 g/mol. The summed E-state index contributed by atoms with van der Waals surface area (Å²) >= 11 is 0. The minimum absolute atomic E-state index is 0.224. The van der Waals surface area contributed by atoms with Crippen molar-refractivity contribution in [2.45, 2.75) is 13.0 Å². The quantitative estimate of drug-likeness (QED) is 0.436. The van der Waals surface area contributed by atoms with Crippen molar-refractivity contribution >= 4 is 17.0 Å². The Morgan fingerprint density at radius 1 is 0.966 bits per heavy atom. The molecule has 146 valence electrons. The van der Waals surface area contributed by atoms with Gasteiger partial charge in [0.05, 0.1) is 0 Å². The van der Waals surface area contributed by atoms with Crippen LogP contribution in [0.15, 0.2) is 79.0 Å². The van der Waals surface area contributed by atoms with Crippen LogP contribution in [0.2, 0.25) is 0 Å². The summed E-state index contributed by atoms with van der Waals surface area (Å²) in [6.45, 7) is 0.677. The third kappa shape index (κ3) is 4.58. The second-order valence-corrected chi connectivity index (χ2v) is 6.86. The number of aromatic nitrogens is 1. The van der Waals surface area contributed by atoms with E-state index in [9.17, 15) is 9.90 Å². The first-order chi connectivity index (χ1) is 14.2. The van der Waals surface area contributed by atoms with E-state index < -0.39 is 6.09 Å². The highest BCUT2D eigenvalue weighted by atomic mass is 16.5. The zero-order valence-electron chi connectivity index (χ0n) is 15.9. The fraction of sp³-hybridized carbons (Fsp3) is 0.125. The summed E-state index contributed by atoms with van der Waals surface area (Å²) < 4.78 is 5.30. The Balaban J connectivity index is 1.25. The molecule has 29 heavy (non-hydrogen) atoms. The van der Waals surface area contributed by atoms with Crippen molar-refractivity contribution in [3.8, 4) is 16.9 Å². The van der Waals surface area contributed by atoms with Gasteiger partial charge >= 0.3 is 6.09 Å². The summed E-state index contributed by atoms with van der Waals surface area (Å²) in [5.74, 6) is 0.226. The summed E-state index contributed by atoms with van der Waals surface area (Å²) in [6.07, 6.45) is 2.09. The summed E-state index contributed by atoms with van der Waals surface area (Å²) in [5.41, 5.74) is 5.21. The zero-order chi connectivity index (χ0) is 20.1. The van der Waals surface area contributed by atoms with Gasteiger partial charge in [0, 0.05) is 23.6 Å². The maximum Gasteiger partial charge on any atom is 0.407 e. The number of alkyl carbamates (subject to hydrolysis) is 1. The largest absolute Gasteiger partial charge is 0.508 e. The van der Waals surface area contributed by atoms with E-state index in [1.165, 1.54) is 0 Å². The predicted molar refractivity (Wildman–Crippen MR) is 114 cm³/mol. The Hall–Kier alpha value is -3.73. The molecule has 0 unspecified atom stereocenters. The van der Waals surface area contributed by atoms with E-state index >= 15 is 0 Å². The van der Waals surface area contributed by atoms with E-state index in [2.05, 4.69) is 22.4 Å². The summed E-state index contributed by atoms with van der Waals surface area (Å²) in [5, 5.41) is 13.4. The molecule has 3 aromatic carbocycles. The van der Waals surface area contributed by atoms with Crippen molar-refractivity contribution in [1.29, 1.82) is 0 Å². The first-order valence-corrected chi connectivity index (χ1v) is 9.53. The number of ether oxygens (including phenoxy) is 1. The topological polar surface area (TPSA) is 74.4 Å². The minimum atomic E-state index is -0.445. The molecule has 0 bridgehead atoms. The van der Waals surface area contributed by atoms with Gasteiger partial charge < -0.3 is 20.1 Å². The first-order valence-electron chi connectivity index (χ1n) is 9.53. The van der Waals surface area contributed by atoms with E-state index in [1.54, 1.807) is 12.1 Å². The number of H-pyrrole nitrogens is 1. The maximum absolute atomic E-state index is 12.0. The van der Waals surface area contributed by atoms with Crippen LogP contribution in [0.25, 0.3) is 22.0 Å². The number of nitrogens with one attached hydrogen (secondary N) is 2. The van der Waals surface area contributed by atoms with Crippen molar-refractivity contribution in [2.75, 3.05) is 6.54 Å². The lowest BCUT2D eigenvalue weighted by Crippen LogP contribution is -2.26. The van der Waals surface area contributed by atoms with Crippen molar-refractivity contribution < 1.29 is 14.6 Å². The maximum atomic E-state index is 12.0. The summed E-state index contributed by atoms with van der Waals surface area (Å²) in [7, 11) is 0. The molecule has 4 aromatic rings. The smallest absolute Gasteiger partial charge is 0.407 e. The molecule has 0 fully saturated rings. The molecule has 0 atom stereocenters. The van der Waals surface area contributed by atoms with Crippen LogP contribution >= 0.6 is 0 Å². The highest BCUT2D eigenvalue weighted by molar-refractivity contribution is 5.84. The van der Waals surface area contributed by atoms with Gasteiger partial charge in [-0.25, -0.2) is 4.79 Å². The number of hydrogen-bond acceptors (Lipinski definition) is 3. The number of aromatic amines is 1. The molecule has 0 aliphatic heterocycles. The van der Waals surface area contributed by atoms with Gasteiger partial charge in [-0.1, -0.05) is 54.6 Å². The van der Waals surface area contributed by atoms with E-state index in [1.807, 2.05) is 54.7 Å². The Bertz CT molecular complexity index is 1100. The molecule has 0 aliphatic carbocycles. The van der Waals surface area contributed by atoms with Gasteiger partial charge in [0.1, 0.15) is 12.4 Å². The number of carbonyl (C=O) groups excluding carboxylic acids is 1. The van der Waals surface area contributed by atoms with E-state index in [0.717, 1.165) is 33.2 Å². The second kappa shape index (κ2) is 8.52. The van der Waals surface area contributed by atoms with Gasteiger partial charge in [-0.3, -0.25) is 0 Å². The standard InChI is InChI=1S/C24H22N2O3/c27-21-10-11-23-22(14-21)20(15-26-23)12-13-25-24(28)29-16-17-6-8-19(9-7-17)18-4-2-1-3-5-18/h1-11,14-15,26-27H,12-13,16H2,(H,25,28). The van der Waals surface area contributed by atoms with Gasteiger partial charge in [-0.15, -0.1) is 0 Å². The molecular formula is C24H22N2O3. The molecule has 5 heteroatoms. The number of aromatic hydroxyl groups is 1. The highest BCUT2D eigenvalue weighted by Gasteiger charge is 2.07. The lowest BCUT2D eigenvalue weighted by molar-refractivity contribution is 0.140. The van der Waals surface area contributed by atoms with E-state index in [-0.39, 0.29) is 12.4 Å².